The van der Waals surface area contributed by atoms with E-state index in [1.54, 1.807) is 0 Å². The van der Waals surface area contributed by atoms with Crippen molar-refractivity contribution in [1.82, 2.24) is 19.8 Å². The van der Waals surface area contributed by atoms with Gasteiger partial charge in [0.2, 0.25) is 0 Å². The van der Waals surface area contributed by atoms with Gasteiger partial charge in [0.25, 0.3) is 0 Å². The second-order valence-electron chi connectivity index (χ2n) is 6.39. The molecule has 1 aromatic carbocycles. The number of anilines is 1. The summed E-state index contributed by atoms with van der Waals surface area (Å²) in [6.45, 7) is 7.49. The van der Waals surface area contributed by atoms with E-state index in [-0.39, 0.29) is 0 Å². The largest absolute Gasteiger partial charge is 0.353 e. The van der Waals surface area contributed by atoms with E-state index in [0.717, 1.165) is 64.0 Å². The van der Waals surface area contributed by atoms with Gasteiger partial charge in [0.05, 0.1) is 6.54 Å². The summed E-state index contributed by atoms with van der Waals surface area (Å²) in [5.41, 5.74) is 1.93. The molecule has 6 heteroatoms. The zero-order chi connectivity index (χ0) is 16.4. The van der Waals surface area contributed by atoms with Crippen LogP contribution in [-0.2, 0) is 19.6 Å². The van der Waals surface area contributed by atoms with Crippen LogP contribution in [0.5, 0.6) is 0 Å². The number of fused-ring (bicyclic) bond motifs is 1. The predicted octanol–water partition coefficient (Wildman–Crippen LogP) is 1.18. The molecule has 2 aromatic rings. The fourth-order valence-corrected chi connectivity index (χ4v) is 3.61. The third kappa shape index (κ3) is 2.88. The Hall–Kier alpha value is -2.36. The van der Waals surface area contributed by atoms with Gasteiger partial charge in [0.1, 0.15) is 17.7 Å². The van der Waals surface area contributed by atoms with Crippen LogP contribution in [-0.4, -0.2) is 47.2 Å². The van der Waals surface area contributed by atoms with Crippen LogP contribution in [0.25, 0.3) is 0 Å². The number of nitriles is 1. The van der Waals surface area contributed by atoms with Gasteiger partial charge in [-0.05, 0) is 5.56 Å². The maximum atomic E-state index is 9.46. The van der Waals surface area contributed by atoms with E-state index in [1.165, 1.54) is 5.56 Å². The molecule has 0 spiro atoms. The van der Waals surface area contributed by atoms with Crippen LogP contribution in [0.15, 0.2) is 30.3 Å². The standard InChI is InChI=1S/C18H22N6/c19-12-16-18(24-7-6-20-13-17(24)21-16)23-10-8-22(9-11-23)14-15-4-2-1-3-5-15/h1-5,20H,6-11,13-14H2. The minimum Gasteiger partial charge on any atom is -0.353 e. The van der Waals surface area contributed by atoms with Crippen molar-refractivity contribution in [2.75, 3.05) is 37.6 Å². The van der Waals surface area contributed by atoms with Gasteiger partial charge in [0, 0.05) is 45.8 Å². The van der Waals surface area contributed by atoms with Gasteiger partial charge in [-0.15, -0.1) is 0 Å². The highest BCUT2D eigenvalue weighted by molar-refractivity contribution is 5.53. The Morgan fingerprint density at radius 2 is 1.88 bits per heavy atom. The van der Waals surface area contributed by atoms with Crippen LogP contribution in [0.2, 0.25) is 0 Å². The molecule has 4 rings (SSSR count). The number of hydrogen-bond acceptors (Lipinski definition) is 5. The number of rotatable bonds is 3. The van der Waals surface area contributed by atoms with Crippen LogP contribution in [0.4, 0.5) is 5.82 Å². The Morgan fingerprint density at radius 1 is 1.08 bits per heavy atom. The highest BCUT2D eigenvalue weighted by atomic mass is 15.3. The van der Waals surface area contributed by atoms with Crippen molar-refractivity contribution >= 4 is 5.82 Å². The van der Waals surface area contributed by atoms with Crippen LogP contribution in [0.1, 0.15) is 17.1 Å². The summed E-state index contributed by atoms with van der Waals surface area (Å²) in [7, 11) is 0. The monoisotopic (exact) mass is 322 g/mol. The topological polar surface area (TPSA) is 60.1 Å². The zero-order valence-corrected chi connectivity index (χ0v) is 13.8. The molecule has 0 saturated carbocycles. The molecule has 124 valence electrons. The average molecular weight is 322 g/mol. The zero-order valence-electron chi connectivity index (χ0n) is 13.8. The Kier molecular flexibility index (Phi) is 4.20. The summed E-state index contributed by atoms with van der Waals surface area (Å²) in [4.78, 5) is 9.33. The van der Waals surface area contributed by atoms with Crippen molar-refractivity contribution < 1.29 is 0 Å². The van der Waals surface area contributed by atoms with Crippen LogP contribution >= 0.6 is 0 Å². The molecule has 2 aliphatic rings. The van der Waals surface area contributed by atoms with E-state index in [1.807, 2.05) is 0 Å². The fourth-order valence-electron chi connectivity index (χ4n) is 3.61. The molecule has 3 heterocycles. The first-order valence-corrected chi connectivity index (χ1v) is 8.56. The molecule has 1 N–H and O–H groups in total. The number of piperazine rings is 1. The van der Waals surface area contributed by atoms with Crippen LogP contribution < -0.4 is 10.2 Å². The average Bonchev–Trinajstić information content (AvgIpc) is 3.02. The number of hydrogen-bond donors (Lipinski definition) is 1. The summed E-state index contributed by atoms with van der Waals surface area (Å²) in [5, 5.41) is 12.8. The lowest BCUT2D eigenvalue weighted by Crippen LogP contribution is -2.47. The Bertz CT molecular complexity index is 737. The number of imidazole rings is 1. The van der Waals surface area contributed by atoms with Gasteiger partial charge < -0.3 is 14.8 Å². The molecule has 0 unspecified atom stereocenters. The number of nitrogens with one attached hydrogen (secondary N) is 1. The van der Waals surface area contributed by atoms with Crippen molar-refractivity contribution in [2.24, 2.45) is 0 Å². The second-order valence-corrected chi connectivity index (χ2v) is 6.39. The molecule has 0 bridgehead atoms. The van der Waals surface area contributed by atoms with E-state index in [9.17, 15) is 5.26 Å². The summed E-state index contributed by atoms with van der Waals surface area (Å²) in [5.74, 6) is 2.01. The summed E-state index contributed by atoms with van der Waals surface area (Å²) in [6, 6.07) is 12.9. The molecule has 0 atom stereocenters. The molecule has 6 nitrogen and oxygen atoms in total. The predicted molar refractivity (Wildman–Crippen MR) is 92.6 cm³/mol. The molecule has 24 heavy (non-hydrogen) atoms. The number of nitrogens with zero attached hydrogens (tertiary/aromatic N) is 5. The van der Waals surface area contributed by atoms with Crippen LogP contribution in [0.3, 0.4) is 0 Å². The molecule has 1 saturated heterocycles. The van der Waals surface area contributed by atoms with E-state index >= 15 is 0 Å². The maximum Gasteiger partial charge on any atom is 0.183 e. The minimum absolute atomic E-state index is 0.574. The van der Waals surface area contributed by atoms with Gasteiger partial charge >= 0.3 is 0 Å². The van der Waals surface area contributed by atoms with Gasteiger partial charge in [-0.2, -0.15) is 5.26 Å². The van der Waals surface area contributed by atoms with Gasteiger partial charge in [-0.25, -0.2) is 4.98 Å². The lowest BCUT2D eigenvalue weighted by atomic mass is 10.2. The van der Waals surface area contributed by atoms with Gasteiger partial charge in [0.15, 0.2) is 5.69 Å². The van der Waals surface area contributed by atoms with Crippen molar-refractivity contribution in [3.05, 3.63) is 47.4 Å². The molecule has 1 aromatic heterocycles. The normalized spacial score (nSPS) is 18.2. The maximum absolute atomic E-state index is 9.46. The molecule has 2 aliphatic heterocycles. The molecule has 0 aliphatic carbocycles. The SMILES string of the molecule is N#Cc1nc2n(c1N1CCN(Cc3ccccc3)CC1)CCNC2. The van der Waals surface area contributed by atoms with Crippen LogP contribution in [0, 0.1) is 11.3 Å². The summed E-state index contributed by atoms with van der Waals surface area (Å²) in [6.07, 6.45) is 0. The number of aromatic nitrogens is 2. The lowest BCUT2D eigenvalue weighted by molar-refractivity contribution is 0.248. The van der Waals surface area contributed by atoms with Crippen molar-refractivity contribution in [1.29, 1.82) is 5.26 Å². The van der Waals surface area contributed by atoms with Crippen molar-refractivity contribution in [3.63, 3.8) is 0 Å². The summed E-state index contributed by atoms with van der Waals surface area (Å²) < 4.78 is 2.22. The van der Waals surface area contributed by atoms with Crippen molar-refractivity contribution in [3.8, 4) is 6.07 Å². The third-order valence-corrected chi connectivity index (χ3v) is 4.84. The van der Waals surface area contributed by atoms with E-state index in [0.29, 0.717) is 5.69 Å². The quantitative estimate of drug-likeness (QED) is 0.919. The first-order valence-electron chi connectivity index (χ1n) is 8.56. The smallest absolute Gasteiger partial charge is 0.183 e. The molecular weight excluding hydrogens is 300 g/mol. The molecule has 0 radical (unpaired) electrons. The second kappa shape index (κ2) is 6.63. The van der Waals surface area contributed by atoms with E-state index < -0.39 is 0 Å². The molecule has 0 amide bonds. The van der Waals surface area contributed by atoms with Crippen molar-refractivity contribution in [2.45, 2.75) is 19.6 Å². The first-order chi connectivity index (χ1) is 11.8. The lowest BCUT2D eigenvalue weighted by Gasteiger charge is -2.36. The minimum atomic E-state index is 0.574. The van der Waals surface area contributed by atoms with Gasteiger partial charge in [-0.3, -0.25) is 4.90 Å². The van der Waals surface area contributed by atoms with Gasteiger partial charge in [-0.1, -0.05) is 30.3 Å². The number of benzene rings is 1. The molecular formula is C18H22N6. The highest BCUT2D eigenvalue weighted by Gasteiger charge is 2.26. The fraction of sp³-hybridized carbons (Fsp3) is 0.444. The van der Waals surface area contributed by atoms with E-state index in [4.69, 9.17) is 0 Å². The third-order valence-electron chi connectivity index (χ3n) is 4.84. The van der Waals surface area contributed by atoms with E-state index in [2.05, 4.69) is 61.1 Å². The summed E-state index contributed by atoms with van der Waals surface area (Å²) >= 11 is 0. The Balaban J connectivity index is 1.46. The molecule has 1 fully saturated rings. The Labute approximate surface area is 142 Å². The highest BCUT2D eigenvalue weighted by Crippen LogP contribution is 2.25. The first kappa shape index (κ1) is 15.2. The Morgan fingerprint density at radius 3 is 2.62 bits per heavy atom.